The maximum Gasteiger partial charge on any atom is 0.330 e. The van der Waals surface area contributed by atoms with Crippen LogP contribution in [0, 0.1) is 13.8 Å². The van der Waals surface area contributed by atoms with Gasteiger partial charge in [-0.2, -0.15) is 0 Å². The van der Waals surface area contributed by atoms with Crippen LogP contribution in [0.25, 0.3) is 0 Å². The Labute approximate surface area is 129 Å². The van der Waals surface area contributed by atoms with Gasteiger partial charge < -0.3 is 10.1 Å². The van der Waals surface area contributed by atoms with Crippen LogP contribution in [-0.4, -0.2) is 24.5 Å². The highest BCUT2D eigenvalue weighted by Crippen LogP contribution is 2.15. The minimum atomic E-state index is -0.694. The first-order valence-corrected chi connectivity index (χ1v) is 6.93. The lowest BCUT2D eigenvalue weighted by molar-refractivity contribution is -0.143. The van der Waals surface area contributed by atoms with Crippen LogP contribution in [0.2, 0.25) is 0 Å². The Morgan fingerprint density at radius 3 is 2.59 bits per heavy atom. The molecule has 3 amide bonds. The highest BCUT2D eigenvalue weighted by molar-refractivity contribution is 6.02. The molecule has 0 radical (unpaired) electrons. The predicted molar refractivity (Wildman–Crippen MR) is 83.5 cm³/mol. The van der Waals surface area contributed by atoms with Crippen molar-refractivity contribution in [2.75, 3.05) is 11.9 Å². The summed E-state index contributed by atoms with van der Waals surface area (Å²) >= 11 is 0. The highest BCUT2D eigenvalue weighted by Gasteiger charge is 2.10. The predicted octanol–water partition coefficient (Wildman–Crippen LogP) is 2.46. The van der Waals surface area contributed by atoms with Crippen molar-refractivity contribution < 1.29 is 19.1 Å². The third-order valence-electron chi connectivity index (χ3n) is 2.72. The molecule has 0 bridgehead atoms. The molecule has 0 aliphatic carbocycles. The standard InChI is InChI=1S/C16H20N2O4/c1-4-5-6-15(20)22-10-14(19)18-16(21)17-13-8-7-11(2)9-12(13)3/h5-9H,4,10H2,1-3H3,(H2,17,18,19,21)/b6-5+. The average molecular weight is 304 g/mol. The Hall–Kier alpha value is -2.63. The largest absolute Gasteiger partial charge is 0.452 e. The zero-order valence-corrected chi connectivity index (χ0v) is 12.9. The third kappa shape index (κ3) is 6.21. The fraction of sp³-hybridized carbons (Fsp3) is 0.312. The second-order valence-corrected chi connectivity index (χ2v) is 4.74. The van der Waals surface area contributed by atoms with Crippen LogP contribution in [0.4, 0.5) is 10.5 Å². The van der Waals surface area contributed by atoms with Crippen molar-refractivity contribution in [3.8, 4) is 0 Å². The number of aryl methyl sites for hydroxylation is 2. The van der Waals surface area contributed by atoms with Crippen molar-refractivity contribution in [3.63, 3.8) is 0 Å². The minimum absolute atomic E-state index is 0.507. The third-order valence-corrected chi connectivity index (χ3v) is 2.72. The van der Waals surface area contributed by atoms with Crippen LogP contribution < -0.4 is 10.6 Å². The lowest BCUT2D eigenvalue weighted by atomic mass is 10.1. The van der Waals surface area contributed by atoms with Crippen molar-refractivity contribution in [3.05, 3.63) is 41.5 Å². The molecule has 1 rings (SSSR count). The van der Waals surface area contributed by atoms with E-state index in [1.54, 1.807) is 12.1 Å². The van der Waals surface area contributed by atoms with Gasteiger partial charge in [0.2, 0.25) is 0 Å². The molecule has 0 aliphatic rings. The summed E-state index contributed by atoms with van der Waals surface area (Å²) in [5.74, 6) is -1.31. The van der Waals surface area contributed by atoms with Gasteiger partial charge in [0.1, 0.15) is 0 Å². The van der Waals surface area contributed by atoms with Crippen LogP contribution in [0.3, 0.4) is 0 Å². The lowest BCUT2D eigenvalue weighted by Gasteiger charge is -2.09. The van der Waals surface area contributed by atoms with Crippen molar-refractivity contribution in [2.24, 2.45) is 0 Å². The summed E-state index contributed by atoms with van der Waals surface area (Å²) in [6, 6.07) is 4.85. The van der Waals surface area contributed by atoms with Crippen molar-refractivity contribution in [1.82, 2.24) is 5.32 Å². The fourth-order valence-electron chi connectivity index (χ4n) is 1.67. The maximum absolute atomic E-state index is 11.7. The number of ether oxygens (including phenoxy) is 1. The second kappa shape index (κ2) is 8.61. The van der Waals surface area contributed by atoms with E-state index in [0.717, 1.165) is 11.1 Å². The van der Waals surface area contributed by atoms with E-state index in [2.05, 4.69) is 15.4 Å². The van der Waals surface area contributed by atoms with Gasteiger partial charge >= 0.3 is 12.0 Å². The SMILES string of the molecule is CC/C=C/C(=O)OCC(=O)NC(=O)Nc1ccc(C)cc1C. The summed E-state index contributed by atoms with van der Waals surface area (Å²) < 4.78 is 4.68. The van der Waals surface area contributed by atoms with Gasteiger partial charge in [-0.25, -0.2) is 9.59 Å². The van der Waals surface area contributed by atoms with Gasteiger partial charge in [-0.05, 0) is 31.9 Å². The first-order chi connectivity index (χ1) is 10.4. The zero-order chi connectivity index (χ0) is 16.5. The number of nitrogens with one attached hydrogen (secondary N) is 2. The maximum atomic E-state index is 11.7. The Morgan fingerprint density at radius 2 is 1.95 bits per heavy atom. The van der Waals surface area contributed by atoms with Gasteiger partial charge in [-0.3, -0.25) is 10.1 Å². The smallest absolute Gasteiger partial charge is 0.330 e. The summed E-state index contributed by atoms with van der Waals surface area (Å²) in [5, 5.41) is 4.66. The van der Waals surface area contributed by atoms with E-state index in [1.165, 1.54) is 6.08 Å². The monoisotopic (exact) mass is 304 g/mol. The van der Waals surface area contributed by atoms with Gasteiger partial charge in [0, 0.05) is 11.8 Å². The van der Waals surface area contributed by atoms with Gasteiger partial charge in [-0.15, -0.1) is 0 Å². The number of rotatable bonds is 5. The number of hydrogen-bond donors (Lipinski definition) is 2. The molecule has 1 aromatic rings. The van der Waals surface area contributed by atoms with Crippen molar-refractivity contribution in [2.45, 2.75) is 27.2 Å². The quantitative estimate of drug-likeness (QED) is 0.646. The van der Waals surface area contributed by atoms with E-state index in [0.29, 0.717) is 12.1 Å². The average Bonchev–Trinajstić information content (AvgIpc) is 2.46. The first kappa shape index (κ1) is 17.4. The van der Waals surface area contributed by atoms with Gasteiger partial charge in [0.05, 0.1) is 0 Å². The minimum Gasteiger partial charge on any atom is -0.452 e. The molecule has 0 unspecified atom stereocenters. The highest BCUT2D eigenvalue weighted by atomic mass is 16.5. The van der Waals surface area contributed by atoms with Crippen molar-refractivity contribution in [1.29, 1.82) is 0 Å². The molecule has 0 aliphatic heterocycles. The number of amides is 3. The van der Waals surface area contributed by atoms with Crippen LogP contribution in [0.15, 0.2) is 30.4 Å². The Morgan fingerprint density at radius 1 is 1.23 bits per heavy atom. The Kier molecular flexibility index (Phi) is 6.82. The molecule has 6 nitrogen and oxygen atoms in total. The van der Waals surface area contributed by atoms with E-state index in [4.69, 9.17) is 0 Å². The molecule has 0 spiro atoms. The van der Waals surface area contributed by atoms with E-state index >= 15 is 0 Å². The first-order valence-electron chi connectivity index (χ1n) is 6.93. The fourth-order valence-corrected chi connectivity index (χ4v) is 1.67. The number of urea groups is 1. The number of allylic oxidation sites excluding steroid dienone is 1. The lowest BCUT2D eigenvalue weighted by Crippen LogP contribution is -2.37. The molecule has 0 saturated heterocycles. The van der Waals surface area contributed by atoms with Gasteiger partial charge in [0.25, 0.3) is 5.91 Å². The normalized spacial score (nSPS) is 10.3. The number of carbonyl (C=O) groups is 3. The summed E-state index contributed by atoms with van der Waals surface area (Å²) in [6.45, 7) is 5.16. The van der Waals surface area contributed by atoms with Gasteiger partial charge in [-0.1, -0.05) is 30.7 Å². The van der Waals surface area contributed by atoms with E-state index in [1.807, 2.05) is 32.9 Å². The van der Waals surface area contributed by atoms with Crippen LogP contribution in [-0.2, 0) is 14.3 Å². The molecular weight excluding hydrogens is 284 g/mol. The topological polar surface area (TPSA) is 84.5 Å². The number of carbonyl (C=O) groups excluding carboxylic acids is 3. The molecular formula is C16H20N2O4. The van der Waals surface area contributed by atoms with E-state index in [-0.39, 0.29) is 0 Å². The summed E-state index contributed by atoms with van der Waals surface area (Å²) in [7, 11) is 0. The summed E-state index contributed by atoms with van der Waals surface area (Å²) in [4.78, 5) is 34.3. The number of anilines is 1. The second-order valence-electron chi connectivity index (χ2n) is 4.74. The molecule has 22 heavy (non-hydrogen) atoms. The molecule has 0 aromatic heterocycles. The van der Waals surface area contributed by atoms with Crippen LogP contribution >= 0.6 is 0 Å². The summed E-state index contributed by atoms with van der Waals surface area (Å²) in [6.07, 6.45) is 3.55. The molecule has 6 heteroatoms. The summed E-state index contributed by atoms with van der Waals surface area (Å²) in [5.41, 5.74) is 2.57. The van der Waals surface area contributed by atoms with E-state index < -0.39 is 24.5 Å². The van der Waals surface area contributed by atoms with Crippen LogP contribution in [0.1, 0.15) is 24.5 Å². The molecule has 0 atom stereocenters. The van der Waals surface area contributed by atoms with Crippen molar-refractivity contribution >= 4 is 23.6 Å². The number of esters is 1. The molecule has 0 heterocycles. The molecule has 0 saturated carbocycles. The van der Waals surface area contributed by atoms with Gasteiger partial charge in [0.15, 0.2) is 6.61 Å². The Balaban J connectivity index is 2.43. The zero-order valence-electron chi connectivity index (χ0n) is 12.9. The number of hydrogen-bond acceptors (Lipinski definition) is 4. The molecule has 0 fully saturated rings. The number of imide groups is 1. The number of benzene rings is 1. The molecule has 2 N–H and O–H groups in total. The van der Waals surface area contributed by atoms with Crippen LogP contribution in [0.5, 0.6) is 0 Å². The van der Waals surface area contributed by atoms with E-state index in [9.17, 15) is 14.4 Å². The Bertz CT molecular complexity index is 594. The molecule has 1 aromatic carbocycles. The molecule has 118 valence electrons.